The maximum Gasteiger partial charge on any atom is 0.270 e. The summed E-state index contributed by atoms with van der Waals surface area (Å²) in [5, 5.41) is 6.82. The van der Waals surface area contributed by atoms with Crippen molar-refractivity contribution < 1.29 is 18.4 Å². The topological polar surface area (TPSA) is 129 Å². The second kappa shape index (κ2) is 10.0. The van der Waals surface area contributed by atoms with Gasteiger partial charge in [0.1, 0.15) is 17.2 Å². The first-order valence-corrected chi connectivity index (χ1v) is 11.0. The summed E-state index contributed by atoms with van der Waals surface area (Å²) < 4.78 is 24.0. The molecule has 1 amide bonds. The van der Waals surface area contributed by atoms with E-state index in [2.05, 4.69) is 25.4 Å². The van der Waals surface area contributed by atoms with Crippen LogP contribution in [-0.2, 0) is 13.0 Å². The first-order chi connectivity index (χ1) is 15.9. The number of amides is 1. The molecule has 1 fully saturated rings. The van der Waals surface area contributed by atoms with E-state index < -0.39 is 11.7 Å². The van der Waals surface area contributed by atoms with Gasteiger partial charge in [-0.25, -0.2) is 14.4 Å². The van der Waals surface area contributed by atoms with Crippen molar-refractivity contribution in [1.29, 1.82) is 0 Å². The Hall–Kier alpha value is -3.40. The lowest BCUT2D eigenvalue weighted by molar-refractivity contribution is 0.0945. The zero-order valence-corrected chi connectivity index (χ0v) is 18.7. The van der Waals surface area contributed by atoms with E-state index in [4.69, 9.17) is 15.0 Å². The summed E-state index contributed by atoms with van der Waals surface area (Å²) >= 11 is 0. The molecule has 1 aliphatic carbocycles. The Morgan fingerprint density at radius 3 is 2.76 bits per heavy atom. The number of rotatable bonds is 7. The van der Waals surface area contributed by atoms with Crippen molar-refractivity contribution in [1.82, 2.24) is 25.4 Å². The van der Waals surface area contributed by atoms with Crippen LogP contribution in [0.15, 0.2) is 28.8 Å². The molecule has 2 aromatic heterocycles. The summed E-state index contributed by atoms with van der Waals surface area (Å²) in [6.45, 7) is 1.88. The summed E-state index contributed by atoms with van der Waals surface area (Å²) in [7, 11) is 1.39. The molecule has 0 unspecified atom stereocenters. The van der Waals surface area contributed by atoms with Crippen LogP contribution < -0.4 is 15.8 Å². The minimum absolute atomic E-state index is 0.117. The summed E-state index contributed by atoms with van der Waals surface area (Å²) in [4.78, 5) is 25.7. The smallest absolute Gasteiger partial charge is 0.270 e. The van der Waals surface area contributed by atoms with Crippen LogP contribution in [0.1, 0.15) is 53.5 Å². The normalized spacial score (nSPS) is 18.2. The van der Waals surface area contributed by atoms with Gasteiger partial charge in [0.2, 0.25) is 11.7 Å². The van der Waals surface area contributed by atoms with Crippen molar-refractivity contribution in [2.24, 2.45) is 11.7 Å². The highest BCUT2D eigenvalue weighted by molar-refractivity contribution is 5.93. The molecule has 10 heteroatoms. The van der Waals surface area contributed by atoms with Crippen LogP contribution >= 0.6 is 0 Å². The number of aryl methyl sites for hydroxylation is 1. The van der Waals surface area contributed by atoms with Crippen LogP contribution in [0.25, 0.3) is 11.5 Å². The highest BCUT2D eigenvalue weighted by Gasteiger charge is 2.22. The molecule has 0 bridgehead atoms. The highest BCUT2D eigenvalue weighted by Crippen LogP contribution is 2.26. The van der Waals surface area contributed by atoms with Crippen LogP contribution in [0.4, 0.5) is 4.39 Å². The van der Waals surface area contributed by atoms with Crippen LogP contribution in [-0.4, -0.2) is 39.2 Å². The molecule has 1 saturated carbocycles. The molecule has 174 valence electrons. The standard InChI is InChI=1S/C23H27FN6O3/c1-13-27-18(22-29-21(33-30-22)10-14-3-6-16(25)7-4-14)11-19(28-13)23(31)26-12-15-5-8-17(24)20(9-15)32-2/h5,8-9,11,14,16H,3-4,6-7,10,12,25H2,1-2H3,(H,26,31). The lowest BCUT2D eigenvalue weighted by atomic mass is 9.84. The van der Waals surface area contributed by atoms with Gasteiger partial charge in [0, 0.05) is 19.0 Å². The van der Waals surface area contributed by atoms with Crippen molar-refractivity contribution in [3.05, 3.63) is 53.1 Å². The van der Waals surface area contributed by atoms with Gasteiger partial charge in [0.25, 0.3) is 5.91 Å². The van der Waals surface area contributed by atoms with Crippen molar-refractivity contribution in [3.8, 4) is 17.3 Å². The van der Waals surface area contributed by atoms with E-state index in [1.807, 2.05) is 0 Å². The average molecular weight is 455 g/mol. The van der Waals surface area contributed by atoms with Crippen LogP contribution in [0, 0.1) is 18.7 Å². The van der Waals surface area contributed by atoms with Gasteiger partial charge in [-0.1, -0.05) is 11.2 Å². The van der Waals surface area contributed by atoms with Gasteiger partial charge in [-0.2, -0.15) is 4.98 Å². The van der Waals surface area contributed by atoms with Crippen molar-refractivity contribution in [2.75, 3.05) is 7.11 Å². The predicted molar refractivity (Wildman–Crippen MR) is 118 cm³/mol. The number of aromatic nitrogens is 4. The fraction of sp³-hybridized carbons (Fsp3) is 0.435. The van der Waals surface area contributed by atoms with E-state index in [0.29, 0.717) is 41.1 Å². The molecule has 2 heterocycles. The molecule has 1 aliphatic rings. The number of nitrogens with zero attached hydrogens (tertiary/aromatic N) is 4. The summed E-state index contributed by atoms with van der Waals surface area (Å²) in [6.07, 6.45) is 4.84. The van der Waals surface area contributed by atoms with E-state index in [1.54, 1.807) is 13.0 Å². The average Bonchev–Trinajstić information content (AvgIpc) is 3.28. The zero-order valence-electron chi connectivity index (χ0n) is 18.7. The fourth-order valence-corrected chi connectivity index (χ4v) is 3.97. The summed E-state index contributed by atoms with van der Waals surface area (Å²) in [5.74, 6) is 1.03. The summed E-state index contributed by atoms with van der Waals surface area (Å²) in [6, 6.07) is 6.23. The van der Waals surface area contributed by atoms with Crippen molar-refractivity contribution in [2.45, 2.75) is 51.6 Å². The third kappa shape index (κ3) is 5.70. The maximum atomic E-state index is 13.6. The molecule has 3 aromatic rings. The molecule has 0 aliphatic heterocycles. The number of hydrogen-bond acceptors (Lipinski definition) is 8. The van der Waals surface area contributed by atoms with Gasteiger partial charge in [0.15, 0.2) is 11.6 Å². The number of carbonyl (C=O) groups excluding carboxylic acids is 1. The lowest BCUT2D eigenvalue weighted by Crippen LogP contribution is -2.27. The molecule has 9 nitrogen and oxygen atoms in total. The quantitative estimate of drug-likeness (QED) is 0.557. The van der Waals surface area contributed by atoms with Gasteiger partial charge in [0.05, 0.1) is 7.11 Å². The van der Waals surface area contributed by atoms with Gasteiger partial charge in [-0.05, 0) is 62.3 Å². The summed E-state index contributed by atoms with van der Waals surface area (Å²) in [5.41, 5.74) is 7.26. The van der Waals surface area contributed by atoms with Gasteiger partial charge < -0.3 is 20.3 Å². The maximum absolute atomic E-state index is 13.6. The number of hydrogen-bond donors (Lipinski definition) is 2. The largest absolute Gasteiger partial charge is 0.494 e. The molecular weight excluding hydrogens is 427 g/mol. The SMILES string of the molecule is COc1cc(CNC(=O)c2cc(-c3noc(CC4CCC(N)CC4)n3)nc(C)n2)ccc1F. The predicted octanol–water partition coefficient (Wildman–Crippen LogP) is 2.97. The Morgan fingerprint density at radius 2 is 2.00 bits per heavy atom. The van der Waals surface area contributed by atoms with Crippen LogP contribution in [0.2, 0.25) is 0 Å². The Kier molecular flexibility index (Phi) is 6.93. The van der Waals surface area contributed by atoms with Crippen molar-refractivity contribution >= 4 is 5.91 Å². The fourth-order valence-electron chi connectivity index (χ4n) is 3.97. The number of carbonyl (C=O) groups is 1. The molecule has 0 saturated heterocycles. The number of nitrogens with one attached hydrogen (secondary N) is 1. The van der Waals surface area contributed by atoms with E-state index in [-0.39, 0.29) is 24.0 Å². The minimum Gasteiger partial charge on any atom is -0.494 e. The number of benzene rings is 1. The minimum atomic E-state index is -0.463. The van der Waals surface area contributed by atoms with Crippen LogP contribution in [0.5, 0.6) is 5.75 Å². The molecule has 0 atom stereocenters. The first-order valence-electron chi connectivity index (χ1n) is 11.0. The molecule has 33 heavy (non-hydrogen) atoms. The molecule has 0 spiro atoms. The molecule has 1 aromatic carbocycles. The van der Waals surface area contributed by atoms with Crippen LogP contribution in [0.3, 0.4) is 0 Å². The van der Waals surface area contributed by atoms with E-state index in [1.165, 1.54) is 25.3 Å². The van der Waals surface area contributed by atoms with E-state index >= 15 is 0 Å². The Labute approximate surface area is 191 Å². The van der Waals surface area contributed by atoms with Crippen molar-refractivity contribution in [3.63, 3.8) is 0 Å². The third-order valence-corrected chi connectivity index (χ3v) is 5.79. The molecular formula is C23H27FN6O3. The van der Waals surface area contributed by atoms with E-state index in [9.17, 15) is 9.18 Å². The van der Waals surface area contributed by atoms with Gasteiger partial charge >= 0.3 is 0 Å². The molecule has 3 N–H and O–H groups in total. The Morgan fingerprint density at radius 1 is 1.21 bits per heavy atom. The molecule has 4 rings (SSSR count). The number of methoxy groups -OCH3 is 1. The number of nitrogens with two attached hydrogens (primary N) is 1. The lowest BCUT2D eigenvalue weighted by Gasteiger charge is -2.24. The zero-order chi connectivity index (χ0) is 23.4. The molecule has 0 radical (unpaired) electrons. The first kappa shape index (κ1) is 22.8. The van der Waals surface area contributed by atoms with Gasteiger partial charge in [-0.15, -0.1) is 0 Å². The van der Waals surface area contributed by atoms with E-state index in [0.717, 1.165) is 25.7 Å². The Bertz CT molecular complexity index is 1130. The monoisotopic (exact) mass is 454 g/mol. The highest BCUT2D eigenvalue weighted by atomic mass is 19.1. The second-order valence-corrected chi connectivity index (χ2v) is 8.33. The third-order valence-electron chi connectivity index (χ3n) is 5.79. The Balaban J connectivity index is 1.43. The number of halogens is 1. The second-order valence-electron chi connectivity index (χ2n) is 8.33. The van der Waals surface area contributed by atoms with Gasteiger partial charge in [-0.3, -0.25) is 4.79 Å². The number of ether oxygens (including phenoxy) is 1.